The Morgan fingerprint density at radius 2 is 1.82 bits per heavy atom. The first-order valence-electron chi connectivity index (χ1n) is 6.90. The summed E-state index contributed by atoms with van der Waals surface area (Å²) in [5.74, 6) is 2.07. The van der Waals surface area contributed by atoms with Crippen molar-refractivity contribution in [2.24, 2.45) is 0 Å². The smallest absolute Gasteiger partial charge is 0.150 e. The van der Waals surface area contributed by atoms with Crippen LogP contribution in [0.4, 0.5) is 0 Å². The van der Waals surface area contributed by atoms with E-state index in [2.05, 4.69) is 43.1 Å². The van der Waals surface area contributed by atoms with Crippen molar-refractivity contribution in [2.45, 2.75) is 66.0 Å². The van der Waals surface area contributed by atoms with Gasteiger partial charge >= 0.3 is 0 Å². The maximum Gasteiger partial charge on any atom is 0.150 e. The molecule has 0 radical (unpaired) electrons. The zero-order chi connectivity index (χ0) is 12.7. The SMILES string of the molecule is CCc1nc(CC)n(CCNC(CC)CC)n1. The van der Waals surface area contributed by atoms with E-state index in [0.29, 0.717) is 6.04 Å². The van der Waals surface area contributed by atoms with Crippen LogP contribution in [0, 0.1) is 0 Å². The Bertz CT molecular complexity index is 315. The maximum atomic E-state index is 4.51. The molecule has 1 heterocycles. The lowest BCUT2D eigenvalue weighted by Crippen LogP contribution is -2.31. The number of rotatable bonds is 8. The molecule has 0 aliphatic rings. The van der Waals surface area contributed by atoms with Gasteiger partial charge in [0.15, 0.2) is 5.82 Å². The van der Waals surface area contributed by atoms with Crippen LogP contribution < -0.4 is 5.32 Å². The number of hydrogen-bond donors (Lipinski definition) is 1. The highest BCUT2D eigenvalue weighted by Crippen LogP contribution is 2.01. The Morgan fingerprint density at radius 3 is 2.35 bits per heavy atom. The van der Waals surface area contributed by atoms with E-state index in [1.165, 1.54) is 12.8 Å². The Kier molecular flexibility index (Phi) is 6.19. The molecule has 0 aliphatic heterocycles. The van der Waals surface area contributed by atoms with Gasteiger partial charge in [0.25, 0.3) is 0 Å². The minimum atomic E-state index is 0.634. The fraction of sp³-hybridized carbons (Fsp3) is 0.846. The topological polar surface area (TPSA) is 42.7 Å². The normalized spacial score (nSPS) is 11.4. The monoisotopic (exact) mass is 238 g/mol. The molecule has 1 N–H and O–H groups in total. The number of hydrogen-bond acceptors (Lipinski definition) is 3. The molecule has 0 saturated carbocycles. The fourth-order valence-electron chi connectivity index (χ4n) is 1.97. The van der Waals surface area contributed by atoms with Gasteiger partial charge in [-0.05, 0) is 12.8 Å². The van der Waals surface area contributed by atoms with Crippen molar-refractivity contribution in [1.29, 1.82) is 0 Å². The Balaban J connectivity index is 2.47. The standard InChI is InChI=1S/C13H26N4/c1-5-11(6-2)14-9-10-17-13(8-4)15-12(7-3)16-17/h11,14H,5-10H2,1-4H3. The van der Waals surface area contributed by atoms with Crippen LogP contribution in [0.2, 0.25) is 0 Å². The van der Waals surface area contributed by atoms with Crippen LogP contribution in [0.25, 0.3) is 0 Å². The van der Waals surface area contributed by atoms with Gasteiger partial charge < -0.3 is 5.32 Å². The molecule has 0 unspecified atom stereocenters. The summed E-state index contributed by atoms with van der Waals surface area (Å²) in [5.41, 5.74) is 0. The molecule has 0 amide bonds. The Labute approximate surface area is 105 Å². The second-order valence-electron chi connectivity index (χ2n) is 4.34. The first kappa shape index (κ1) is 14.2. The number of nitrogens with zero attached hydrogens (tertiary/aromatic N) is 3. The van der Waals surface area contributed by atoms with Crippen molar-refractivity contribution >= 4 is 0 Å². The molecule has 1 rings (SSSR count). The van der Waals surface area contributed by atoms with Crippen LogP contribution in [-0.2, 0) is 19.4 Å². The van der Waals surface area contributed by atoms with Crippen molar-refractivity contribution in [1.82, 2.24) is 20.1 Å². The first-order valence-corrected chi connectivity index (χ1v) is 6.90. The van der Waals surface area contributed by atoms with E-state index in [1.807, 2.05) is 4.68 Å². The molecule has 0 atom stereocenters. The second kappa shape index (κ2) is 7.43. The predicted molar refractivity (Wildman–Crippen MR) is 71.2 cm³/mol. The van der Waals surface area contributed by atoms with Crippen LogP contribution >= 0.6 is 0 Å². The van der Waals surface area contributed by atoms with E-state index in [-0.39, 0.29) is 0 Å². The fourth-order valence-corrected chi connectivity index (χ4v) is 1.97. The number of aromatic nitrogens is 3. The summed E-state index contributed by atoms with van der Waals surface area (Å²) in [6.45, 7) is 10.6. The predicted octanol–water partition coefficient (Wildman–Crippen LogP) is 2.18. The highest BCUT2D eigenvalue weighted by molar-refractivity contribution is 4.92. The van der Waals surface area contributed by atoms with Crippen molar-refractivity contribution in [3.8, 4) is 0 Å². The summed E-state index contributed by atoms with van der Waals surface area (Å²) in [4.78, 5) is 4.51. The van der Waals surface area contributed by atoms with Gasteiger partial charge in [-0.1, -0.05) is 27.7 Å². The lowest BCUT2D eigenvalue weighted by Gasteiger charge is -2.14. The Hall–Kier alpha value is -0.900. The van der Waals surface area contributed by atoms with E-state index in [0.717, 1.165) is 37.6 Å². The van der Waals surface area contributed by atoms with Gasteiger partial charge in [-0.2, -0.15) is 5.10 Å². The zero-order valence-electron chi connectivity index (χ0n) is 11.7. The summed E-state index contributed by atoms with van der Waals surface area (Å²) in [5, 5.41) is 8.07. The molecule has 0 saturated heterocycles. The van der Waals surface area contributed by atoms with Crippen LogP contribution in [0.5, 0.6) is 0 Å². The average Bonchev–Trinajstić information content (AvgIpc) is 2.77. The molecule has 0 bridgehead atoms. The third-order valence-corrected chi connectivity index (χ3v) is 3.17. The Morgan fingerprint density at radius 1 is 1.12 bits per heavy atom. The second-order valence-corrected chi connectivity index (χ2v) is 4.34. The summed E-state index contributed by atoms with van der Waals surface area (Å²) < 4.78 is 2.05. The van der Waals surface area contributed by atoms with Crippen LogP contribution in [0.15, 0.2) is 0 Å². The lowest BCUT2D eigenvalue weighted by molar-refractivity contribution is 0.448. The van der Waals surface area contributed by atoms with Crippen LogP contribution in [0.3, 0.4) is 0 Å². The lowest BCUT2D eigenvalue weighted by atomic mass is 10.2. The highest BCUT2D eigenvalue weighted by Gasteiger charge is 2.07. The summed E-state index contributed by atoms with van der Waals surface area (Å²) in [6, 6.07) is 0.634. The van der Waals surface area contributed by atoms with Crippen molar-refractivity contribution in [3.05, 3.63) is 11.6 Å². The van der Waals surface area contributed by atoms with Gasteiger partial charge in [-0.25, -0.2) is 9.67 Å². The molecule has 4 heteroatoms. The van der Waals surface area contributed by atoms with Gasteiger partial charge in [0.1, 0.15) is 5.82 Å². The molecule has 1 aromatic heterocycles. The number of nitrogens with one attached hydrogen (secondary N) is 1. The molecule has 17 heavy (non-hydrogen) atoms. The van der Waals surface area contributed by atoms with Crippen LogP contribution in [-0.4, -0.2) is 27.4 Å². The molecular weight excluding hydrogens is 212 g/mol. The van der Waals surface area contributed by atoms with E-state index >= 15 is 0 Å². The molecule has 1 aromatic rings. The van der Waals surface area contributed by atoms with Gasteiger partial charge in [0.2, 0.25) is 0 Å². The third kappa shape index (κ3) is 4.11. The maximum absolute atomic E-state index is 4.51. The van der Waals surface area contributed by atoms with Crippen molar-refractivity contribution in [3.63, 3.8) is 0 Å². The molecule has 4 nitrogen and oxygen atoms in total. The first-order chi connectivity index (χ1) is 8.24. The van der Waals surface area contributed by atoms with E-state index in [4.69, 9.17) is 0 Å². The summed E-state index contributed by atoms with van der Waals surface area (Å²) in [7, 11) is 0. The molecule has 0 spiro atoms. The summed E-state index contributed by atoms with van der Waals surface area (Å²) >= 11 is 0. The number of aryl methyl sites for hydroxylation is 2. The summed E-state index contributed by atoms with van der Waals surface area (Å²) in [6.07, 6.45) is 4.25. The molecule has 0 aliphatic carbocycles. The van der Waals surface area contributed by atoms with Crippen molar-refractivity contribution < 1.29 is 0 Å². The minimum absolute atomic E-state index is 0.634. The average molecular weight is 238 g/mol. The van der Waals surface area contributed by atoms with E-state index in [9.17, 15) is 0 Å². The van der Waals surface area contributed by atoms with Gasteiger partial charge in [0, 0.05) is 25.4 Å². The van der Waals surface area contributed by atoms with Crippen molar-refractivity contribution in [2.75, 3.05) is 6.54 Å². The quantitative estimate of drug-likeness (QED) is 0.755. The molecular formula is C13H26N4. The zero-order valence-corrected chi connectivity index (χ0v) is 11.7. The van der Waals surface area contributed by atoms with E-state index in [1.54, 1.807) is 0 Å². The third-order valence-electron chi connectivity index (χ3n) is 3.17. The molecule has 98 valence electrons. The van der Waals surface area contributed by atoms with Crippen LogP contribution in [0.1, 0.15) is 52.2 Å². The van der Waals surface area contributed by atoms with E-state index < -0.39 is 0 Å². The molecule has 0 fully saturated rings. The van der Waals surface area contributed by atoms with Gasteiger partial charge in [-0.3, -0.25) is 0 Å². The van der Waals surface area contributed by atoms with Gasteiger partial charge in [-0.15, -0.1) is 0 Å². The highest BCUT2D eigenvalue weighted by atomic mass is 15.3. The minimum Gasteiger partial charge on any atom is -0.312 e. The largest absolute Gasteiger partial charge is 0.312 e. The molecule has 0 aromatic carbocycles. The van der Waals surface area contributed by atoms with Gasteiger partial charge in [0.05, 0.1) is 6.54 Å².